The third-order valence-corrected chi connectivity index (χ3v) is 5.14. The number of urea groups is 1. The second kappa shape index (κ2) is 3.14. The van der Waals surface area contributed by atoms with Crippen molar-refractivity contribution in [2.24, 2.45) is 17.8 Å². The highest BCUT2D eigenvalue weighted by molar-refractivity contribution is 5.76. The second-order valence-corrected chi connectivity index (χ2v) is 6.26. The van der Waals surface area contributed by atoms with Gasteiger partial charge in [-0.25, -0.2) is 4.79 Å². The van der Waals surface area contributed by atoms with Crippen LogP contribution in [0.2, 0.25) is 0 Å². The van der Waals surface area contributed by atoms with Gasteiger partial charge in [0.15, 0.2) is 0 Å². The Morgan fingerprint density at radius 3 is 2.44 bits per heavy atom. The van der Waals surface area contributed by atoms with E-state index in [1.165, 1.54) is 32.1 Å². The van der Waals surface area contributed by atoms with Crippen molar-refractivity contribution in [3.05, 3.63) is 0 Å². The van der Waals surface area contributed by atoms with Crippen LogP contribution in [0.4, 0.5) is 4.79 Å². The van der Waals surface area contributed by atoms with Crippen molar-refractivity contribution < 1.29 is 4.79 Å². The molecular weight excluding hydrogens is 200 g/mol. The van der Waals surface area contributed by atoms with E-state index in [0.29, 0.717) is 12.1 Å². The first-order valence-corrected chi connectivity index (χ1v) is 6.87. The van der Waals surface area contributed by atoms with Crippen molar-refractivity contribution in [2.75, 3.05) is 19.6 Å². The molecule has 0 aromatic heterocycles. The smallest absolute Gasteiger partial charge is 0.320 e. The molecule has 0 aromatic rings. The zero-order valence-electron chi connectivity index (χ0n) is 9.77. The Labute approximate surface area is 96.8 Å². The standard InChI is InChI=1S/C13H20N2O/c16-13(15-7-9-5-12(15)6-9)14-4-3-11(8-14)10-1-2-10/h9-12H,1-8H2. The maximum absolute atomic E-state index is 12.3. The average Bonchev–Trinajstić information content (AvgIpc) is 2.74. The molecule has 0 N–H and O–H groups in total. The number of nitrogens with zero attached hydrogens (tertiary/aromatic N) is 2. The summed E-state index contributed by atoms with van der Waals surface area (Å²) in [5, 5.41) is 0. The third-order valence-electron chi connectivity index (χ3n) is 5.14. The van der Waals surface area contributed by atoms with Crippen molar-refractivity contribution in [3.63, 3.8) is 0 Å². The van der Waals surface area contributed by atoms with E-state index in [2.05, 4.69) is 9.80 Å². The van der Waals surface area contributed by atoms with Crippen LogP contribution in [0.5, 0.6) is 0 Å². The lowest BCUT2D eigenvalue weighted by Crippen LogP contribution is -2.43. The van der Waals surface area contributed by atoms with Crippen molar-refractivity contribution in [1.82, 2.24) is 9.80 Å². The summed E-state index contributed by atoms with van der Waals surface area (Å²) in [6.07, 6.45) is 6.66. The van der Waals surface area contributed by atoms with E-state index in [-0.39, 0.29) is 0 Å². The first-order valence-electron chi connectivity index (χ1n) is 6.87. The minimum absolute atomic E-state index is 0.355. The van der Waals surface area contributed by atoms with Crippen LogP contribution < -0.4 is 0 Å². The van der Waals surface area contributed by atoms with Crippen molar-refractivity contribution in [1.29, 1.82) is 0 Å². The number of amides is 2. The summed E-state index contributed by atoms with van der Waals surface area (Å²) in [4.78, 5) is 16.6. The van der Waals surface area contributed by atoms with Gasteiger partial charge in [0.2, 0.25) is 0 Å². The number of fused-ring (bicyclic) bond motifs is 1. The van der Waals surface area contributed by atoms with E-state index < -0.39 is 0 Å². The van der Waals surface area contributed by atoms with Gasteiger partial charge in [0.25, 0.3) is 0 Å². The predicted octanol–water partition coefficient (Wildman–Crippen LogP) is 1.93. The lowest BCUT2D eigenvalue weighted by atomic mass is 9.86. The number of hydrogen-bond acceptors (Lipinski definition) is 1. The molecule has 3 saturated heterocycles. The normalized spacial score (nSPS) is 41.4. The summed E-state index contributed by atoms with van der Waals surface area (Å²) < 4.78 is 0. The van der Waals surface area contributed by atoms with Gasteiger partial charge in [-0.2, -0.15) is 0 Å². The Balaban J connectivity index is 1.40. The largest absolute Gasteiger partial charge is 0.324 e. The fraction of sp³-hybridized carbons (Fsp3) is 0.923. The van der Waals surface area contributed by atoms with E-state index in [0.717, 1.165) is 37.4 Å². The van der Waals surface area contributed by atoms with Crippen LogP contribution in [0.1, 0.15) is 32.1 Å². The molecule has 3 heteroatoms. The van der Waals surface area contributed by atoms with E-state index >= 15 is 0 Å². The molecule has 0 radical (unpaired) electrons. The van der Waals surface area contributed by atoms with Crippen LogP contribution >= 0.6 is 0 Å². The summed E-state index contributed by atoms with van der Waals surface area (Å²) >= 11 is 0. The molecule has 5 fully saturated rings. The molecule has 2 aliphatic carbocycles. The van der Waals surface area contributed by atoms with E-state index in [9.17, 15) is 4.79 Å². The van der Waals surface area contributed by atoms with Gasteiger partial charge < -0.3 is 9.80 Å². The third kappa shape index (κ3) is 1.30. The van der Waals surface area contributed by atoms with Crippen LogP contribution in [0, 0.1) is 17.8 Å². The van der Waals surface area contributed by atoms with Crippen LogP contribution in [0.15, 0.2) is 0 Å². The van der Waals surface area contributed by atoms with Crippen LogP contribution in [-0.2, 0) is 0 Å². The Morgan fingerprint density at radius 2 is 1.81 bits per heavy atom. The number of carbonyl (C=O) groups excluding carboxylic acids is 1. The van der Waals surface area contributed by atoms with Gasteiger partial charge in [0, 0.05) is 25.7 Å². The van der Waals surface area contributed by atoms with Crippen molar-refractivity contribution in [3.8, 4) is 0 Å². The molecule has 88 valence electrons. The summed E-state index contributed by atoms with van der Waals surface area (Å²) in [6, 6.07) is 0.964. The van der Waals surface area contributed by atoms with Gasteiger partial charge in [0.05, 0.1) is 0 Å². The molecule has 2 bridgehead atoms. The topological polar surface area (TPSA) is 23.6 Å². The fourth-order valence-corrected chi connectivity index (χ4v) is 3.86. The number of hydrogen-bond donors (Lipinski definition) is 0. The maximum atomic E-state index is 12.3. The molecule has 1 unspecified atom stereocenters. The lowest BCUT2D eigenvalue weighted by molar-refractivity contribution is 0.158. The number of likely N-dealkylation sites (tertiary alicyclic amines) is 1. The number of carbonyl (C=O) groups is 1. The maximum Gasteiger partial charge on any atom is 0.320 e. The van der Waals surface area contributed by atoms with Crippen LogP contribution in [-0.4, -0.2) is 41.5 Å². The van der Waals surface area contributed by atoms with Crippen LogP contribution in [0.3, 0.4) is 0 Å². The average molecular weight is 220 g/mol. The van der Waals surface area contributed by atoms with Gasteiger partial charge in [-0.3, -0.25) is 0 Å². The minimum Gasteiger partial charge on any atom is -0.324 e. The van der Waals surface area contributed by atoms with Gasteiger partial charge in [-0.15, -0.1) is 0 Å². The first kappa shape index (κ1) is 9.32. The molecule has 0 aromatic carbocycles. The SMILES string of the molecule is O=C(N1CCC(C2CC2)C1)N1CC2CC1C2. The van der Waals surface area contributed by atoms with Crippen LogP contribution in [0.25, 0.3) is 0 Å². The molecular formula is C13H20N2O. The molecule has 2 amide bonds. The summed E-state index contributed by atoms with van der Waals surface area (Å²) in [5.74, 6) is 2.64. The second-order valence-electron chi connectivity index (χ2n) is 6.26. The predicted molar refractivity (Wildman–Crippen MR) is 61.0 cm³/mol. The van der Waals surface area contributed by atoms with Crippen molar-refractivity contribution in [2.45, 2.75) is 38.1 Å². The Bertz CT molecular complexity index is 320. The highest BCUT2D eigenvalue weighted by Gasteiger charge is 2.47. The molecule has 3 nitrogen and oxygen atoms in total. The van der Waals surface area contributed by atoms with Gasteiger partial charge >= 0.3 is 6.03 Å². The summed E-state index contributed by atoms with van der Waals surface area (Å²) in [7, 11) is 0. The van der Waals surface area contributed by atoms with Gasteiger partial charge in [0.1, 0.15) is 0 Å². The van der Waals surface area contributed by atoms with Gasteiger partial charge in [-0.1, -0.05) is 0 Å². The molecule has 1 atom stereocenters. The molecule has 5 aliphatic rings. The Hall–Kier alpha value is -0.730. The monoisotopic (exact) mass is 220 g/mol. The van der Waals surface area contributed by atoms with Gasteiger partial charge in [-0.05, 0) is 49.9 Å². The molecule has 3 aliphatic heterocycles. The summed E-state index contributed by atoms with van der Waals surface area (Å²) in [5.41, 5.74) is 0. The highest BCUT2D eigenvalue weighted by Crippen LogP contribution is 2.43. The fourth-order valence-electron chi connectivity index (χ4n) is 3.86. The highest BCUT2D eigenvalue weighted by atomic mass is 16.2. The Kier molecular flexibility index (Phi) is 1.83. The molecule has 16 heavy (non-hydrogen) atoms. The molecule has 5 rings (SSSR count). The zero-order valence-corrected chi connectivity index (χ0v) is 9.77. The lowest BCUT2D eigenvalue weighted by Gasteiger charge is -2.29. The summed E-state index contributed by atoms with van der Waals surface area (Å²) in [6.45, 7) is 3.12. The molecule has 3 heterocycles. The molecule has 0 spiro atoms. The van der Waals surface area contributed by atoms with Crippen molar-refractivity contribution >= 4 is 6.03 Å². The molecule has 2 saturated carbocycles. The zero-order chi connectivity index (χ0) is 10.7. The quantitative estimate of drug-likeness (QED) is 0.662. The number of rotatable bonds is 1. The first-order chi connectivity index (χ1) is 7.81. The van der Waals surface area contributed by atoms with E-state index in [4.69, 9.17) is 0 Å². The van der Waals surface area contributed by atoms with E-state index in [1.807, 2.05) is 0 Å². The minimum atomic E-state index is 0.355. The van der Waals surface area contributed by atoms with E-state index in [1.54, 1.807) is 0 Å². The Morgan fingerprint density at radius 1 is 1.00 bits per heavy atom.